The molecule has 9 heteroatoms. The third kappa shape index (κ3) is 4.27. The molecule has 21 heavy (non-hydrogen) atoms. The second kappa shape index (κ2) is 6.68. The SMILES string of the molecule is O=[N+]([O-])c1cc(Cl)nc(Nc2ccccc2SC(F)F)c1. The number of rotatable bonds is 5. The van der Waals surface area contributed by atoms with Crippen LogP contribution in [0.4, 0.5) is 26.0 Å². The Morgan fingerprint density at radius 2 is 2.05 bits per heavy atom. The van der Waals surface area contributed by atoms with Crippen LogP contribution in [0.1, 0.15) is 0 Å². The minimum Gasteiger partial charge on any atom is -0.339 e. The third-order valence-corrected chi connectivity index (χ3v) is 3.34. The van der Waals surface area contributed by atoms with Crippen LogP contribution in [0.3, 0.4) is 0 Å². The maximum atomic E-state index is 12.5. The zero-order valence-corrected chi connectivity index (χ0v) is 11.9. The molecule has 0 amide bonds. The van der Waals surface area contributed by atoms with Crippen molar-refractivity contribution in [2.75, 3.05) is 5.32 Å². The normalized spacial score (nSPS) is 10.7. The zero-order valence-electron chi connectivity index (χ0n) is 10.3. The summed E-state index contributed by atoms with van der Waals surface area (Å²) in [5.74, 6) is -2.47. The van der Waals surface area contributed by atoms with Crippen molar-refractivity contribution < 1.29 is 13.7 Å². The summed E-state index contributed by atoms with van der Waals surface area (Å²) in [6.07, 6.45) is 0. The monoisotopic (exact) mass is 331 g/mol. The van der Waals surface area contributed by atoms with Gasteiger partial charge in [0.15, 0.2) is 0 Å². The lowest BCUT2D eigenvalue weighted by Gasteiger charge is -2.10. The Labute approximate surface area is 127 Å². The first-order chi connectivity index (χ1) is 9.95. The second-order valence-electron chi connectivity index (χ2n) is 3.79. The van der Waals surface area contributed by atoms with Gasteiger partial charge >= 0.3 is 0 Å². The van der Waals surface area contributed by atoms with Crippen LogP contribution in [0.15, 0.2) is 41.3 Å². The van der Waals surface area contributed by atoms with Gasteiger partial charge in [0, 0.05) is 4.90 Å². The molecule has 0 bridgehead atoms. The molecule has 1 heterocycles. The third-order valence-electron chi connectivity index (χ3n) is 2.36. The second-order valence-corrected chi connectivity index (χ2v) is 5.21. The van der Waals surface area contributed by atoms with Gasteiger partial charge in [0.05, 0.1) is 22.7 Å². The molecule has 1 N–H and O–H groups in total. The number of hydrogen-bond acceptors (Lipinski definition) is 5. The van der Waals surface area contributed by atoms with Crippen molar-refractivity contribution in [1.82, 2.24) is 4.98 Å². The van der Waals surface area contributed by atoms with Crippen LogP contribution in [0, 0.1) is 10.1 Å². The Morgan fingerprint density at radius 1 is 1.33 bits per heavy atom. The first-order valence-corrected chi connectivity index (χ1v) is 6.84. The molecule has 0 aliphatic heterocycles. The highest BCUT2D eigenvalue weighted by atomic mass is 35.5. The highest BCUT2D eigenvalue weighted by Gasteiger charge is 2.13. The van der Waals surface area contributed by atoms with Gasteiger partial charge in [-0.1, -0.05) is 35.5 Å². The number of aromatic nitrogens is 1. The molecule has 0 fully saturated rings. The number of hydrogen-bond donors (Lipinski definition) is 1. The molecule has 110 valence electrons. The summed E-state index contributed by atoms with van der Waals surface area (Å²) in [6.45, 7) is 0. The molecule has 0 spiro atoms. The van der Waals surface area contributed by atoms with E-state index in [-0.39, 0.29) is 16.7 Å². The fraction of sp³-hybridized carbons (Fsp3) is 0.0833. The first kappa shape index (κ1) is 15.5. The van der Waals surface area contributed by atoms with Crippen LogP contribution >= 0.6 is 23.4 Å². The van der Waals surface area contributed by atoms with Crippen molar-refractivity contribution in [1.29, 1.82) is 0 Å². The largest absolute Gasteiger partial charge is 0.339 e. The summed E-state index contributed by atoms with van der Waals surface area (Å²) in [5, 5.41) is 13.5. The molecular formula is C12H8ClF2N3O2S. The van der Waals surface area contributed by atoms with Gasteiger partial charge in [-0.05, 0) is 12.1 Å². The molecule has 5 nitrogen and oxygen atoms in total. The Hall–Kier alpha value is -1.93. The number of nitro groups is 1. The first-order valence-electron chi connectivity index (χ1n) is 5.58. The van der Waals surface area contributed by atoms with Gasteiger partial charge in [-0.15, -0.1) is 0 Å². The fourth-order valence-electron chi connectivity index (χ4n) is 1.56. The zero-order chi connectivity index (χ0) is 15.4. The Bertz CT molecular complexity index is 673. The summed E-state index contributed by atoms with van der Waals surface area (Å²) in [7, 11) is 0. The van der Waals surface area contributed by atoms with Gasteiger partial charge in [-0.25, -0.2) is 4.98 Å². The van der Waals surface area contributed by atoms with E-state index in [4.69, 9.17) is 11.6 Å². The standard InChI is InChI=1S/C12H8ClF2N3O2S/c13-10-5-7(18(19)20)6-11(17-10)16-8-3-1-2-4-9(8)21-12(14)15/h1-6,12H,(H,16,17). The Kier molecular flexibility index (Phi) is 4.92. The molecule has 0 atom stereocenters. The van der Waals surface area contributed by atoms with E-state index < -0.39 is 10.7 Å². The smallest absolute Gasteiger partial charge is 0.288 e. The minimum absolute atomic E-state index is 0.0642. The van der Waals surface area contributed by atoms with E-state index in [2.05, 4.69) is 10.3 Å². The lowest BCUT2D eigenvalue weighted by Crippen LogP contribution is -1.98. The molecular weight excluding hydrogens is 324 g/mol. The van der Waals surface area contributed by atoms with Gasteiger partial charge < -0.3 is 5.32 Å². The fourth-order valence-corrected chi connectivity index (χ4v) is 2.36. The van der Waals surface area contributed by atoms with E-state index in [0.717, 1.165) is 6.07 Å². The maximum Gasteiger partial charge on any atom is 0.288 e. The molecule has 1 aromatic heterocycles. The van der Waals surface area contributed by atoms with Crippen LogP contribution in [-0.4, -0.2) is 15.7 Å². The average Bonchev–Trinajstić information content (AvgIpc) is 2.39. The lowest BCUT2D eigenvalue weighted by atomic mass is 10.3. The van der Waals surface area contributed by atoms with Gasteiger partial charge in [-0.2, -0.15) is 8.78 Å². The quantitative estimate of drug-likeness (QED) is 0.372. The van der Waals surface area contributed by atoms with E-state index >= 15 is 0 Å². The number of thioether (sulfide) groups is 1. The number of nitrogens with one attached hydrogen (secondary N) is 1. The van der Waals surface area contributed by atoms with E-state index in [1.165, 1.54) is 12.1 Å². The van der Waals surface area contributed by atoms with Crippen molar-refractivity contribution in [3.05, 3.63) is 51.7 Å². The molecule has 0 saturated carbocycles. The Morgan fingerprint density at radius 3 is 2.71 bits per heavy atom. The molecule has 2 aromatic rings. The average molecular weight is 332 g/mol. The Balaban J connectivity index is 2.32. The predicted octanol–water partition coefficient (Wildman–Crippen LogP) is 4.70. The van der Waals surface area contributed by atoms with Crippen LogP contribution in [0.5, 0.6) is 0 Å². The highest BCUT2D eigenvalue weighted by molar-refractivity contribution is 7.99. The molecule has 2 rings (SSSR count). The van der Waals surface area contributed by atoms with Crippen molar-refractivity contribution >= 4 is 40.6 Å². The van der Waals surface area contributed by atoms with Crippen LogP contribution in [0.25, 0.3) is 0 Å². The molecule has 0 aliphatic carbocycles. The van der Waals surface area contributed by atoms with E-state index in [1.807, 2.05) is 0 Å². The van der Waals surface area contributed by atoms with Crippen molar-refractivity contribution in [3.63, 3.8) is 0 Å². The predicted molar refractivity (Wildman–Crippen MR) is 77.5 cm³/mol. The summed E-state index contributed by atoms with van der Waals surface area (Å²) in [4.78, 5) is 14.3. The van der Waals surface area contributed by atoms with Gasteiger partial charge in [-0.3, -0.25) is 10.1 Å². The molecule has 0 saturated heterocycles. The molecule has 0 unspecified atom stereocenters. The summed E-state index contributed by atoms with van der Waals surface area (Å²) in [5.41, 5.74) is 0.128. The molecule has 0 radical (unpaired) electrons. The van der Waals surface area contributed by atoms with Crippen LogP contribution in [0.2, 0.25) is 5.15 Å². The summed E-state index contributed by atoms with van der Waals surface area (Å²) in [6, 6.07) is 8.63. The van der Waals surface area contributed by atoms with Crippen molar-refractivity contribution in [2.45, 2.75) is 10.7 Å². The van der Waals surface area contributed by atoms with Crippen LogP contribution < -0.4 is 5.32 Å². The highest BCUT2D eigenvalue weighted by Crippen LogP contribution is 2.33. The maximum absolute atomic E-state index is 12.5. The van der Waals surface area contributed by atoms with Crippen molar-refractivity contribution in [2.24, 2.45) is 0 Å². The summed E-state index contributed by atoms with van der Waals surface area (Å²) < 4.78 is 25.0. The van der Waals surface area contributed by atoms with Gasteiger partial charge in [0.25, 0.3) is 11.4 Å². The number of halogens is 3. The summed E-state index contributed by atoms with van der Waals surface area (Å²) >= 11 is 6.07. The number of benzene rings is 1. The number of anilines is 2. The lowest BCUT2D eigenvalue weighted by molar-refractivity contribution is -0.384. The van der Waals surface area contributed by atoms with Gasteiger partial charge in [0.2, 0.25) is 0 Å². The topological polar surface area (TPSA) is 68.1 Å². The van der Waals surface area contributed by atoms with Gasteiger partial charge in [0.1, 0.15) is 11.0 Å². The van der Waals surface area contributed by atoms with E-state index in [1.54, 1.807) is 18.2 Å². The van der Waals surface area contributed by atoms with Crippen LogP contribution in [-0.2, 0) is 0 Å². The molecule has 0 aliphatic rings. The van der Waals surface area contributed by atoms with E-state index in [0.29, 0.717) is 22.3 Å². The molecule has 1 aromatic carbocycles. The number of alkyl halides is 2. The minimum atomic E-state index is -2.57. The van der Waals surface area contributed by atoms with Crippen molar-refractivity contribution in [3.8, 4) is 0 Å². The van der Waals surface area contributed by atoms with E-state index in [9.17, 15) is 18.9 Å². The number of nitrogens with zero attached hydrogens (tertiary/aromatic N) is 2. The number of para-hydroxylation sites is 1. The number of pyridine rings is 1.